The van der Waals surface area contributed by atoms with Crippen LogP contribution in [0.1, 0.15) is 20.3 Å². The van der Waals surface area contributed by atoms with Gasteiger partial charge in [0.1, 0.15) is 6.10 Å². The zero-order chi connectivity index (χ0) is 9.64. The molecule has 2 aliphatic rings. The summed E-state index contributed by atoms with van der Waals surface area (Å²) in [5.41, 5.74) is 0. The third kappa shape index (κ3) is 1.47. The summed E-state index contributed by atoms with van der Waals surface area (Å²) in [7, 11) is 1.13. The molecule has 3 atom stereocenters. The molecule has 1 saturated heterocycles. The van der Waals surface area contributed by atoms with E-state index in [9.17, 15) is 4.79 Å². The number of rotatable bonds is 1. The number of ether oxygens (including phenoxy) is 2. The lowest BCUT2D eigenvalue weighted by molar-refractivity contribution is -0.162. The molecule has 0 bridgehead atoms. The molecule has 0 aromatic carbocycles. The minimum Gasteiger partial charge on any atom is -0.344 e. The molecule has 4 heteroatoms. The summed E-state index contributed by atoms with van der Waals surface area (Å²) in [4.78, 5) is 11.5. The molecular weight excluding hydrogens is 184 g/mol. The predicted octanol–water partition coefficient (Wildman–Crippen LogP) is -0.121. The molecule has 1 aliphatic heterocycles. The molecular formula is C9H16O3Si. The number of ketones is 1. The van der Waals surface area contributed by atoms with Crippen molar-refractivity contribution in [3.05, 3.63) is 0 Å². The zero-order valence-corrected chi connectivity index (χ0v) is 10.4. The third-order valence-corrected chi connectivity index (χ3v) is 3.95. The van der Waals surface area contributed by atoms with Gasteiger partial charge in [-0.2, -0.15) is 0 Å². The van der Waals surface area contributed by atoms with Crippen LogP contribution in [-0.2, 0) is 14.3 Å². The van der Waals surface area contributed by atoms with Crippen LogP contribution in [0.5, 0.6) is 0 Å². The van der Waals surface area contributed by atoms with Crippen LogP contribution >= 0.6 is 0 Å². The van der Waals surface area contributed by atoms with Gasteiger partial charge in [-0.25, -0.2) is 0 Å². The molecule has 13 heavy (non-hydrogen) atoms. The monoisotopic (exact) mass is 200 g/mol. The lowest BCUT2D eigenvalue weighted by Gasteiger charge is -2.20. The van der Waals surface area contributed by atoms with Crippen LogP contribution in [0.4, 0.5) is 0 Å². The van der Waals surface area contributed by atoms with Crippen molar-refractivity contribution < 1.29 is 14.3 Å². The Morgan fingerprint density at radius 2 is 2.23 bits per heavy atom. The van der Waals surface area contributed by atoms with Crippen LogP contribution in [0.3, 0.4) is 0 Å². The van der Waals surface area contributed by atoms with Gasteiger partial charge in [-0.3, -0.25) is 4.79 Å². The maximum absolute atomic E-state index is 11.5. The topological polar surface area (TPSA) is 35.5 Å². The summed E-state index contributed by atoms with van der Waals surface area (Å²) < 4.78 is 11.3. The normalized spacial score (nSPS) is 42.6. The summed E-state index contributed by atoms with van der Waals surface area (Å²) >= 11 is 0. The first-order valence-electron chi connectivity index (χ1n) is 4.92. The van der Waals surface area contributed by atoms with Crippen molar-refractivity contribution in [2.75, 3.05) is 0 Å². The van der Waals surface area contributed by atoms with Crippen LogP contribution in [-0.4, -0.2) is 34.0 Å². The van der Waals surface area contributed by atoms with Gasteiger partial charge in [-0.05, 0) is 19.8 Å². The fourth-order valence-electron chi connectivity index (χ4n) is 2.25. The van der Waals surface area contributed by atoms with Crippen LogP contribution in [0.15, 0.2) is 0 Å². The van der Waals surface area contributed by atoms with Crippen molar-refractivity contribution in [3.63, 3.8) is 0 Å². The summed E-state index contributed by atoms with van der Waals surface area (Å²) in [5.74, 6) is 0.0998. The van der Waals surface area contributed by atoms with E-state index >= 15 is 0 Å². The standard InChI is InChI=1S/C9H16O3Si/c1-9(2)11-7-5(4-13)3-6(10)8(7)12-9/h5,7-8H,3-4H2,1-2,13H3. The van der Waals surface area contributed by atoms with Crippen LogP contribution in [0.2, 0.25) is 6.04 Å². The number of hydrogen-bond donors (Lipinski definition) is 0. The van der Waals surface area contributed by atoms with Crippen LogP contribution < -0.4 is 0 Å². The van der Waals surface area contributed by atoms with E-state index in [0.29, 0.717) is 12.3 Å². The SMILES string of the molecule is CC1(C)OC2C(=O)CC(C[SiH3])C2O1. The van der Waals surface area contributed by atoms with E-state index in [2.05, 4.69) is 0 Å². The van der Waals surface area contributed by atoms with E-state index in [1.54, 1.807) is 0 Å². The Balaban J connectivity index is 2.17. The maximum Gasteiger partial charge on any atom is 0.164 e. The average molecular weight is 200 g/mol. The Kier molecular flexibility index (Phi) is 2.09. The highest BCUT2D eigenvalue weighted by atomic mass is 28.1. The number of carbonyl (C=O) groups is 1. The van der Waals surface area contributed by atoms with Crippen molar-refractivity contribution in [1.29, 1.82) is 0 Å². The molecule has 0 aromatic rings. The summed E-state index contributed by atoms with van der Waals surface area (Å²) in [5, 5.41) is 0. The molecule has 1 aliphatic carbocycles. The first-order valence-corrected chi connectivity index (χ1v) is 6.33. The highest BCUT2D eigenvalue weighted by molar-refractivity contribution is 6.09. The second-order valence-electron chi connectivity index (χ2n) is 4.36. The van der Waals surface area contributed by atoms with Crippen LogP contribution in [0.25, 0.3) is 0 Å². The van der Waals surface area contributed by atoms with Gasteiger partial charge in [0.2, 0.25) is 0 Å². The van der Waals surface area contributed by atoms with E-state index in [-0.39, 0.29) is 18.0 Å². The fourth-order valence-corrected chi connectivity index (χ4v) is 3.00. The number of fused-ring (bicyclic) bond motifs is 1. The zero-order valence-electron chi connectivity index (χ0n) is 8.37. The van der Waals surface area contributed by atoms with Crippen molar-refractivity contribution in [1.82, 2.24) is 0 Å². The Morgan fingerprint density at radius 1 is 1.54 bits per heavy atom. The van der Waals surface area contributed by atoms with Gasteiger partial charge < -0.3 is 9.47 Å². The lowest BCUT2D eigenvalue weighted by atomic mass is 10.1. The lowest BCUT2D eigenvalue weighted by Crippen LogP contribution is -2.25. The summed E-state index contributed by atoms with van der Waals surface area (Å²) in [6.45, 7) is 3.76. The highest BCUT2D eigenvalue weighted by Gasteiger charge is 2.52. The number of carbonyl (C=O) groups excluding carboxylic acids is 1. The van der Waals surface area contributed by atoms with E-state index in [4.69, 9.17) is 9.47 Å². The molecule has 0 N–H and O–H groups in total. The van der Waals surface area contributed by atoms with Gasteiger partial charge in [0.05, 0.1) is 6.10 Å². The quantitative estimate of drug-likeness (QED) is 0.554. The fraction of sp³-hybridized carbons (Fsp3) is 0.889. The van der Waals surface area contributed by atoms with Gasteiger partial charge in [-0.15, -0.1) is 0 Å². The van der Waals surface area contributed by atoms with Crippen molar-refractivity contribution >= 4 is 16.0 Å². The number of hydrogen-bond acceptors (Lipinski definition) is 3. The molecule has 1 heterocycles. The third-order valence-electron chi connectivity index (χ3n) is 2.90. The number of Topliss-reactive ketones (excluding diaryl/α,β-unsaturated/α-hetero) is 1. The smallest absolute Gasteiger partial charge is 0.164 e. The Bertz CT molecular complexity index is 239. The van der Waals surface area contributed by atoms with Crippen molar-refractivity contribution in [2.45, 2.75) is 44.3 Å². The minimum absolute atomic E-state index is 0.0417. The molecule has 1 saturated carbocycles. The second-order valence-corrected chi connectivity index (χ2v) is 5.18. The van der Waals surface area contributed by atoms with E-state index in [1.807, 2.05) is 13.8 Å². The molecule has 3 unspecified atom stereocenters. The minimum atomic E-state index is -0.555. The highest BCUT2D eigenvalue weighted by Crippen LogP contribution is 2.40. The molecule has 74 valence electrons. The molecule has 3 nitrogen and oxygen atoms in total. The predicted molar refractivity (Wildman–Crippen MR) is 51.7 cm³/mol. The molecule has 0 aromatic heterocycles. The van der Waals surface area contributed by atoms with Gasteiger partial charge in [0.15, 0.2) is 11.6 Å². The second kappa shape index (κ2) is 2.90. The Hall–Kier alpha value is -0.193. The van der Waals surface area contributed by atoms with Gasteiger partial charge in [0.25, 0.3) is 0 Å². The summed E-state index contributed by atoms with van der Waals surface area (Å²) in [6, 6.07) is 1.13. The Labute approximate surface area is 81.2 Å². The maximum atomic E-state index is 11.5. The van der Waals surface area contributed by atoms with Crippen molar-refractivity contribution in [3.8, 4) is 0 Å². The summed E-state index contributed by atoms with van der Waals surface area (Å²) in [6.07, 6.45) is 0.434. The van der Waals surface area contributed by atoms with Crippen LogP contribution in [0, 0.1) is 5.92 Å². The van der Waals surface area contributed by atoms with Gasteiger partial charge in [-0.1, -0.05) is 6.04 Å². The van der Waals surface area contributed by atoms with E-state index in [0.717, 1.165) is 16.3 Å². The van der Waals surface area contributed by atoms with Gasteiger partial charge >= 0.3 is 0 Å². The molecule has 0 spiro atoms. The Morgan fingerprint density at radius 3 is 2.85 bits per heavy atom. The molecule has 2 fully saturated rings. The van der Waals surface area contributed by atoms with E-state index in [1.165, 1.54) is 0 Å². The molecule has 0 radical (unpaired) electrons. The first-order chi connectivity index (χ1) is 6.03. The van der Waals surface area contributed by atoms with Gasteiger partial charge in [0, 0.05) is 16.7 Å². The molecule has 2 rings (SSSR count). The average Bonchev–Trinajstić information content (AvgIpc) is 2.47. The van der Waals surface area contributed by atoms with Crippen molar-refractivity contribution in [2.24, 2.45) is 5.92 Å². The van der Waals surface area contributed by atoms with E-state index < -0.39 is 5.79 Å². The first kappa shape index (κ1) is 9.37. The largest absolute Gasteiger partial charge is 0.344 e. The molecule has 0 amide bonds.